The zero-order valence-corrected chi connectivity index (χ0v) is 20.1. The van der Waals surface area contributed by atoms with Gasteiger partial charge in [0.05, 0.1) is 31.0 Å². The summed E-state index contributed by atoms with van der Waals surface area (Å²) in [4.78, 5) is 11.0. The van der Waals surface area contributed by atoms with Crippen molar-refractivity contribution in [1.82, 2.24) is 14.3 Å². The zero-order valence-electron chi connectivity index (χ0n) is 18.5. The van der Waals surface area contributed by atoms with Gasteiger partial charge in [0.1, 0.15) is 0 Å². The Hall–Kier alpha value is -2.50. The lowest BCUT2D eigenvalue weighted by Gasteiger charge is -2.29. The summed E-state index contributed by atoms with van der Waals surface area (Å²) < 4.78 is 39.4. The number of hydrogen-bond acceptors (Lipinski definition) is 7. The first-order valence-electron chi connectivity index (χ1n) is 10.5. The van der Waals surface area contributed by atoms with E-state index in [2.05, 4.69) is 19.6 Å². The van der Waals surface area contributed by atoms with Gasteiger partial charge in [-0.05, 0) is 29.8 Å². The summed E-state index contributed by atoms with van der Waals surface area (Å²) >= 11 is 6.21. The lowest BCUT2D eigenvalue weighted by Crippen LogP contribution is -2.36. The van der Waals surface area contributed by atoms with Gasteiger partial charge in [-0.1, -0.05) is 17.7 Å². The number of likely N-dealkylation sites (N-methyl/N-ethyl adjacent to an activating group) is 1. The Balaban J connectivity index is 1.67. The van der Waals surface area contributed by atoms with Crippen molar-refractivity contribution < 1.29 is 17.9 Å². The van der Waals surface area contributed by atoms with E-state index in [0.717, 1.165) is 45.1 Å². The van der Waals surface area contributed by atoms with Gasteiger partial charge in [0.25, 0.3) is 0 Å². The lowest BCUT2D eigenvalue weighted by atomic mass is 10.0. The highest BCUT2D eigenvalue weighted by atomic mass is 35.5. The molecule has 1 aliphatic heterocycles. The highest BCUT2D eigenvalue weighted by Gasteiger charge is 2.20. The fraction of sp³-hybridized carbons (Fsp3) is 0.364. The van der Waals surface area contributed by atoms with Crippen LogP contribution < -0.4 is 9.62 Å². The first-order valence-corrected chi connectivity index (χ1v) is 12.3. The minimum Gasteiger partial charge on any atom is -0.383 e. The Bertz CT molecular complexity index is 1230. The largest absolute Gasteiger partial charge is 0.383 e. The average Bonchev–Trinajstić information content (AvgIpc) is 2.83. The quantitative estimate of drug-likeness (QED) is 0.484. The monoisotopic (exact) mass is 491 g/mol. The summed E-state index contributed by atoms with van der Waals surface area (Å²) in [6.45, 7) is 3.49. The number of nitrogens with one attached hydrogen (secondary N) is 1. The van der Waals surface area contributed by atoms with E-state index in [4.69, 9.17) is 21.1 Å². The maximum absolute atomic E-state index is 12.6. The van der Waals surface area contributed by atoms with Crippen LogP contribution in [0.1, 0.15) is 0 Å². The maximum atomic E-state index is 12.6. The number of morpholine rings is 1. The average molecular weight is 492 g/mol. The van der Waals surface area contributed by atoms with E-state index in [0.29, 0.717) is 13.2 Å². The number of benzene rings is 1. The van der Waals surface area contributed by atoms with Crippen molar-refractivity contribution in [2.24, 2.45) is 0 Å². The van der Waals surface area contributed by atoms with E-state index in [1.54, 1.807) is 12.3 Å². The molecule has 2 aromatic heterocycles. The molecular weight excluding hydrogens is 466 g/mol. The third-order valence-corrected chi connectivity index (χ3v) is 7.28. The number of ether oxygens (including phenoxy) is 2. The first-order chi connectivity index (χ1) is 15.9. The minimum absolute atomic E-state index is 0.0685. The Labute approximate surface area is 198 Å². The Morgan fingerprint density at radius 3 is 2.73 bits per heavy atom. The molecule has 0 radical (unpaired) electrons. The molecule has 9 nitrogen and oxygen atoms in total. The summed E-state index contributed by atoms with van der Waals surface area (Å²) in [6, 6.07) is 9.62. The predicted octanol–water partition coefficient (Wildman–Crippen LogP) is 3.02. The van der Waals surface area contributed by atoms with Crippen molar-refractivity contribution in [2.75, 3.05) is 63.2 Å². The Morgan fingerprint density at radius 1 is 1.18 bits per heavy atom. The number of nitrogens with zero attached hydrogens (tertiary/aromatic N) is 4. The molecule has 176 valence electrons. The third-order valence-electron chi connectivity index (χ3n) is 5.50. The van der Waals surface area contributed by atoms with Crippen LogP contribution in [0, 0.1) is 0 Å². The molecule has 1 saturated heterocycles. The number of fused-ring (bicyclic) bond motifs is 1. The fourth-order valence-corrected chi connectivity index (χ4v) is 4.74. The van der Waals surface area contributed by atoms with E-state index < -0.39 is 10.2 Å². The van der Waals surface area contributed by atoms with Gasteiger partial charge < -0.3 is 14.4 Å². The van der Waals surface area contributed by atoms with Crippen molar-refractivity contribution >= 4 is 44.1 Å². The lowest BCUT2D eigenvalue weighted by molar-refractivity contribution is 0.123. The molecule has 1 fully saturated rings. The number of pyridine rings is 2. The van der Waals surface area contributed by atoms with Crippen molar-refractivity contribution in [3.05, 3.63) is 47.9 Å². The molecular formula is C22H26ClN5O4S. The van der Waals surface area contributed by atoms with Crippen molar-refractivity contribution in [3.8, 4) is 11.1 Å². The molecule has 0 aliphatic carbocycles. The molecule has 0 atom stereocenters. The van der Waals surface area contributed by atoms with Crippen LogP contribution in [0.4, 0.5) is 11.4 Å². The summed E-state index contributed by atoms with van der Waals surface area (Å²) in [5.74, 6) is 0. The highest BCUT2D eigenvalue weighted by molar-refractivity contribution is 7.90. The molecule has 1 N–H and O–H groups in total. The molecule has 0 saturated carbocycles. The van der Waals surface area contributed by atoms with Gasteiger partial charge in [-0.25, -0.2) is 4.98 Å². The van der Waals surface area contributed by atoms with Crippen LogP contribution in [0.2, 0.25) is 5.15 Å². The van der Waals surface area contributed by atoms with Gasteiger partial charge in [0.2, 0.25) is 0 Å². The second kappa shape index (κ2) is 10.2. The number of methoxy groups -OCH3 is 1. The minimum atomic E-state index is -3.81. The maximum Gasteiger partial charge on any atom is 0.301 e. The summed E-state index contributed by atoms with van der Waals surface area (Å²) in [5.41, 5.74) is 3.79. The molecule has 1 aliphatic rings. The SMILES string of the molecule is COCCN(C)S(=O)(=O)Nc1cc(-c2ccc3nccc(N4CCOCC4)c3c2)cnc1Cl. The molecule has 4 rings (SSSR count). The van der Waals surface area contributed by atoms with E-state index in [-0.39, 0.29) is 24.0 Å². The Kier molecular flexibility index (Phi) is 7.30. The fourth-order valence-electron chi connectivity index (χ4n) is 3.63. The van der Waals surface area contributed by atoms with Crippen LogP contribution in [-0.2, 0) is 19.7 Å². The van der Waals surface area contributed by atoms with Crippen LogP contribution in [0.3, 0.4) is 0 Å². The van der Waals surface area contributed by atoms with Gasteiger partial charge >= 0.3 is 10.2 Å². The van der Waals surface area contributed by atoms with Crippen molar-refractivity contribution in [2.45, 2.75) is 0 Å². The zero-order chi connectivity index (χ0) is 23.4. The van der Waals surface area contributed by atoms with E-state index >= 15 is 0 Å². The highest BCUT2D eigenvalue weighted by Crippen LogP contribution is 2.33. The second-order valence-electron chi connectivity index (χ2n) is 7.65. The van der Waals surface area contributed by atoms with Gasteiger partial charge in [0, 0.05) is 62.8 Å². The molecule has 11 heteroatoms. The van der Waals surface area contributed by atoms with Gasteiger partial charge in [-0.2, -0.15) is 12.7 Å². The van der Waals surface area contributed by atoms with Crippen LogP contribution in [0.25, 0.3) is 22.0 Å². The van der Waals surface area contributed by atoms with Crippen LogP contribution in [-0.4, -0.2) is 76.3 Å². The molecule has 1 aromatic carbocycles. The van der Waals surface area contributed by atoms with E-state index in [1.807, 2.05) is 30.5 Å². The van der Waals surface area contributed by atoms with Crippen molar-refractivity contribution in [3.63, 3.8) is 0 Å². The summed E-state index contributed by atoms with van der Waals surface area (Å²) in [6.07, 6.45) is 3.43. The van der Waals surface area contributed by atoms with Gasteiger partial charge in [-0.3, -0.25) is 9.71 Å². The van der Waals surface area contributed by atoms with Crippen LogP contribution in [0.5, 0.6) is 0 Å². The number of anilines is 2. The number of rotatable bonds is 8. The molecule has 0 amide bonds. The molecule has 3 aromatic rings. The standard InChI is InChI=1S/C22H26ClN5O4S/c1-27(7-10-31-2)33(29,30)26-20-14-17(15-25-22(20)23)16-3-4-19-18(13-16)21(5-6-24-19)28-8-11-32-12-9-28/h3-6,13-15,26H,7-12H2,1-2H3. The molecule has 0 spiro atoms. The normalized spacial score (nSPS) is 14.7. The van der Waals surface area contributed by atoms with E-state index in [1.165, 1.54) is 14.2 Å². The number of halogens is 1. The molecule has 0 bridgehead atoms. The number of hydrogen-bond donors (Lipinski definition) is 1. The first kappa shape index (κ1) is 23.7. The molecule has 0 unspecified atom stereocenters. The smallest absolute Gasteiger partial charge is 0.301 e. The third kappa shape index (κ3) is 5.36. The summed E-state index contributed by atoms with van der Waals surface area (Å²) in [5, 5.41) is 1.08. The Morgan fingerprint density at radius 2 is 1.97 bits per heavy atom. The van der Waals surface area contributed by atoms with Crippen molar-refractivity contribution in [1.29, 1.82) is 0 Å². The topological polar surface area (TPSA) is 96.9 Å². The summed E-state index contributed by atoms with van der Waals surface area (Å²) in [7, 11) is -0.829. The van der Waals surface area contributed by atoms with Crippen LogP contribution in [0.15, 0.2) is 42.7 Å². The molecule has 3 heterocycles. The predicted molar refractivity (Wildman–Crippen MR) is 130 cm³/mol. The van der Waals surface area contributed by atoms with Gasteiger partial charge in [0.15, 0.2) is 5.15 Å². The molecule has 33 heavy (non-hydrogen) atoms. The number of aromatic nitrogens is 2. The van der Waals surface area contributed by atoms with Crippen LogP contribution >= 0.6 is 11.6 Å². The van der Waals surface area contributed by atoms with E-state index in [9.17, 15) is 8.42 Å². The second-order valence-corrected chi connectivity index (χ2v) is 9.78. The van der Waals surface area contributed by atoms with Gasteiger partial charge in [-0.15, -0.1) is 0 Å².